The number of rotatable bonds is 6. The number of carbonyl (C=O) groups is 1. The van der Waals surface area contributed by atoms with Crippen LogP contribution in [0.25, 0.3) is 0 Å². The van der Waals surface area contributed by atoms with Crippen LogP contribution in [-0.2, 0) is 13.0 Å². The highest BCUT2D eigenvalue weighted by Crippen LogP contribution is 2.19. The van der Waals surface area contributed by atoms with Gasteiger partial charge in [0.1, 0.15) is 18.5 Å². The quantitative estimate of drug-likeness (QED) is 0.830. The molecule has 0 aromatic heterocycles. The first-order chi connectivity index (χ1) is 11.6. The number of carbonyl (C=O) groups excluding carboxylic acids is 1. The van der Waals surface area contributed by atoms with E-state index in [4.69, 9.17) is 4.74 Å². The van der Waals surface area contributed by atoms with Crippen LogP contribution in [0.15, 0.2) is 48.5 Å². The van der Waals surface area contributed by atoms with Gasteiger partial charge in [-0.25, -0.2) is 0 Å². The number of hydrogen-bond donors (Lipinski definition) is 1. The smallest absolute Gasteiger partial charge is 0.159 e. The van der Waals surface area contributed by atoms with E-state index in [1.807, 2.05) is 0 Å². The molecule has 2 aromatic rings. The van der Waals surface area contributed by atoms with Crippen molar-refractivity contribution < 1.29 is 14.6 Å². The maximum atomic E-state index is 11.4. The monoisotopic (exact) mass is 325 g/mol. The molecule has 0 fully saturated rings. The van der Waals surface area contributed by atoms with E-state index in [9.17, 15) is 9.90 Å². The summed E-state index contributed by atoms with van der Waals surface area (Å²) in [7, 11) is 0. The minimum atomic E-state index is -0.559. The Kier molecular flexibility index (Phi) is 5.28. The standard InChI is InChI=1S/C20H23NO3/c1-15(22)17-7-4-8-20(11-17)24-14-19(23)13-21-10-9-16-5-2-3-6-18(16)12-21/h2-8,11,19,23H,9-10,12-14H2,1H3. The van der Waals surface area contributed by atoms with Crippen LogP contribution >= 0.6 is 0 Å². The molecule has 4 nitrogen and oxygen atoms in total. The number of Topliss-reactive ketones (excluding diaryl/α,β-unsaturated/α-hetero) is 1. The Hall–Kier alpha value is -2.17. The van der Waals surface area contributed by atoms with Gasteiger partial charge >= 0.3 is 0 Å². The molecule has 0 radical (unpaired) electrons. The molecule has 1 atom stereocenters. The molecule has 1 heterocycles. The van der Waals surface area contributed by atoms with E-state index in [1.165, 1.54) is 18.1 Å². The van der Waals surface area contributed by atoms with Gasteiger partial charge in [-0.1, -0.05) is 36.4 Å². The van der Waals surface area contributed by atoms with Crippen molar-refractivity contribution in [2.24, 2.45) is 0 Å². The van der Waals surface area contributed by atoms with Crippen molar-refractivity contribution in [2.45, 2.75) is 26.0 Å². The van der Waals surface area contributed by atoms with Gasteiger partial charge in [0.05, 0.1) is 0 Å². The van der Waals surface area contributed by atoms with Crippen LogP contribution in [-0.4, -0.2) is 41.6 Å². The van der Waals surface area contributed by atoms with Crippen molar-refractivity contribution in [1.82, 2.24) is 4.90 Å². The zero-order chi connectivity index (χ0) is 16.9. The number of aliphatic hydroxyl groups is 1. The van der Waals surface area contributed by atoms with E-state index < -0.39 is 6.10 Å². The number of β-amino-alcohol motifs (C(OH)–C–C–N with tert-alkyl or cyclic N) is 1. The average Bonchev–Trinajstić information content (AvgIpc) is 2.60. The number of benzene rings is 2. The normalized spacial score (nSPS) is 15.6. The lowest BCUT2D eigenvalue weighted by Crippen LogP contribution is -2.38. The molecule has 3 rings (SSSR count). The largest absolute Gasteiger partial charge is 0.491 e. The van der Waals surface area contributed by atoms with E-state index in [0.717, 1.165) is 19.5 Å². The highest BCUT2D eigenvalue weighted by Gasteiger charge is 2.18. The number of aliphatic hydroxyl groups excluding tert-OH is 1. The summed E-state index contributed by atoms with van der Waals surface area (Å²) >= 11 is 0. The fourth-order valence-corrected chi connectivity index (χ4v) is 3.06. The Balaban J connectivity index is 1.51. The number of hydrogen-bond acceptors (Lipinski definition) is 4. The molecule has 0 saturated carbocycles. The topological polar surface area (TPSA) is 49.8 Å². The first kappa shape index (κ1) is 16.7. The molecular weight excluding hydrogens is 302 g/mol. The Morgan fingerprint density at radius 2 is 2.00 bits per heavy atom. The van der Waals surface area contributed by atoms with Gasteiger partial charge in [0, 0.05) is 25.2 Å². The summed E-state index contributed by atoms with van der Waals surface area (Å²) in [6.07, 6.45) is 0.459. The van der Waals surface area contributed by atoms with Gasteiger partial charge < -0.3 is 9.84 Å². The van der Waals surface area contributed by atoms with E-state index in [1.54, 1.807) is 24.3 Å². The fourth-order valence-electron chi connectivity index (χ4n) is 3.06. The van der Waals surface area contributed by atoms with Gasteiger partial charge in [-0.3, -0.25) is 9.69 Å². The second-order valence-corrected chi connectivity index (χ2v) is 6.30. The van der Waals surface area contributed by atoms with Crippen LogP contribution in [0.2, 0.25) is 0 Å². The molecule has 1 unspecified atom stereocenters. The lowest BCUT2D eigenvalue weighted by molar-refractivity contribution is 0.0637. The fraction of sp³-hybridized carbons (Fsp3) is 0.350. The van der Waals surface area contributed by atoms with Crippen molar-refractivity contribution in [3.05, 3.63) is 65.2 Å². The van der Waals surface area contributed by atoms with Crippen molar-refractivity contribution in [2.75, 3.05) is 19.7 Å². The predicted molar refractivity (Wildman–Crippen MR) is 93.4 cm³/mol. The average molecular weight is 325 g/mol. The molecule has 0 aliphatic carbocycles. The van der Waals surface area contributed by atoms with E-state index in [0.29, 0.717) is 17.9 Å². The van der Waals surface area contributed by atoms with Gasteiger partial charge in [-0.05, 0) is 36.6 Å². The molecule has 0 amide bonds. The van der Waals surface area contributed by atoms with Crippen molar-refractivity contribution in [3.8, 4) is 5.75 Å². The van der Waals surface area contributed by atoms with Gasteiger partial charge in [0.15, 0.2) is 5.78 Å². The second-order valence-electron chi connectivity index (χ2n) is 6.30. The minimum Gasteiger partial charge on any atom is -0.491 e. The number of fused-ring (bicyclic) bond motifs is 1. The number of ketones is 1. The van der Waals surface area contributed by atoms with Crippen LogP contribution < -0.4 is 4.74 Å². The SMILES string of the molecule is CC(=O)c1cccc(OCC(O)CN2CCc3ccccc3C2)c1. The summed E-state index contributed by atoms with van der Waals surface area (Å²) in [5.41, 5.74) is 3.36. The molecule has 2 aromatic carbocycles. The maximum absolute atomic E-state index is 11.4. The van der Waals surface area contributed by atoms with Crippen LogP contribution in [0.5, 0.6) is 5.75 Å². The summed E-state index contributed by atoms with van der Waals surface area (Å²) in [4.78, 5) is 13.6. The molecule has 24 heavy (non-hydrogen) atoms. The van der Waals surface area contributed by atoms with Crippen LogP contribution in [0.3, 0.4) is 0 Å². The first-order valence-electron chi connectivity index (χ1n) is 8.33. The summed E-state index contributed by atoms with van der Waals surface area (Å²) in [6, 6.07) is 15.5. The van der Waals surface area contributed by atoms with Crippen LogP contribution in [0.4, 0.5) is 0 Å². The third-order valence-electron chi connectivity index (χ3n) is 4.36. The zero-order valence-corrected chi connectivity index (χ0v) is 13.9. The summed E-state index contributed by atoms with van der Waals surface area (Å²) < 4.78 is 5.64. The van der Waals surface area contributed by atoms with Gasteiger partial charge in [0.25, 0.3) is 0 Å². The van der Waals surface area contributed by atoms with Crippen LogP contribution in [0, 0.1) is 0 Å². The predicted octanol–water partition coefficient (Wildman–Crippen LogP) is 2.69. The van der Waals surface area contributed by atoms with Crippen molar-refractivity contribution in [3.63, 3.8) is 0 Å². The molecule has 1 aliphatic heterocycles. The Morgan fingerprint density at radius 1 is 1.21 bits per heavy atom. The Labute approximate surface area is 142 Å². The molecule has 0 saturated heterocycles. The van der Waals surface area contributed by atoms with E-state index >= 15 is 0 Å². The van der Waals surface area contributed by atoms with Crippen molar-refractivity contribution >= 4 is 5.78 Å². The highest BCUT2D eigenvalue weighted by atomic mass is 16.5. The molecule has 0 bridgehead atoms. The molecule has 1 N–H and O–H groups in total. The Bertz CT molecular complexity index is 714. The molecule has 0 spiro atoms. The zero-order valence-electron chi connectivity index (χ0n) is 13.9. The van der Waals surface area contributed by atoms with Crippen LogP contribution in [0.1, 0.15) is 28.4 Å². The lowest BCUT2D eigenvalue weighted by Gasteiger charge is -2.30. The maximum Gasteiger partial charge on any atom is 0.159 e. The third kappa shape index (κ3) is 4.22. The Morgan fingerprint density at radius 3 is 2.79 bits per heavy atom. The van der Waals surface area contributed by atoms with E-state index in [-0.39, 0.29) is 12.4 Å². The number of nitrogens with zero attached hydrogens (tertiary/aromatic N) is 1. The number of ether oxygens (including phenoxy) is 1. The summed E-state index contributed by atoms with van der Waals surface area (Å²) in [5, 5.41) is 10.3. The molecule has 4 heteroatoms. The molecular formula is C20H23NO3. The second kappa shape index (κ2) is 7.60. The van der Waals surface area contributed by atoms with Crippen molar-refractivity contribution in [1.29, 1.82) is 0 Å². The third-order valence-corrected chi connectivity index (χ3v) is 4.36. The summed E-state index contributed by atoms with van der Waals surface area (Å²) in [6.45, 7) is 4.16. The molecule has 1 aliphatic rings. The van der Waals surface area contributed by atoms with E-state index in [2.05, 4.69) is 29.2 Å². The first-order valence-corrected chi connectivity index (χ1v) is 8.33. The van der Waals surface area contributed by atoms with Gasteiger partial charge in [-0.15, -0.1) is 0 Å². The summed E-state index contributed by atoms with van der Waals surface area (Å²) in [5.74, 6) is 0.624. The molecule has 126 valence electrons. The highest BCUT2D eigenvalue weighted by molar-refractivity contribution is 5.94. The van der Waals surface area contributed by atoms with Gasteiger partial charge in [0.2, 0.25) is 0 Å². The lowest BCUT2D eigenvalue weighted by atomic mass is 10.00. The van der Waals surface area contributed by atoms with Gasteiger partial charge in [-0.2, -0.15) is 0 Å². The minimum absolute atomic E-state index is 0.00739.